The Hall–Kier alpha value is -2.24. The van der Waals surface area contributed by atoms with Gasteiger partial charge >= 0.3 is 0 Å². The fraction of sp³-hybridized carbons (Fsp3) is 0.467. The second-order valence-corrected chi connectivity index (χ2v) is 5.30. The van der Waals surface area contributed by atoms with Crippen LogP contribution < -0.4 is 9.64 Å². The molecule has 1 aliphatic heterocycles. The lowest BCUT2D eigenvalue weighted by Crippen LogP contribution is -2.39. The van der Waals surface area contributed by atoms with E-state index in [1.165, 1.54) is 0 Å². The van der Waals surface area contributed by atoms with Crippen LogP contribution in [0.3, 0.4) is 0 Å². The van der Waals surface area contributed by atoms with Crippen LogP contribution in [-0.4, -0.2) is 39.1 Å². The standard InChI is InChI=1S/C15H19N5O/c1-11-9-12(2)19-15(18-11)20-7-3-13(4-8-20)21-14-10-16-5-6-17-14/h5-6,9-10,13H,3-4,7-8H2,1-2H3. The summed E-state index contributed by atoms with van der Waals surface area (Å²) in [7, 11) is 0. The number of hydrogen-bond donors (Lipinski definition) is 0. The zero-order valence-electron chi connectivity index (χ0n) is 12.4. The van der Waals surface area contributed by atoms with Crippen molar-refractivity contribution in [2.24, 2.45) is 0 Å². The van der Waals surface area contributed by atoms with Crippen LogP contribution in [0.5, 0.6) is 5.88 Å². The monoisotopic (exact) mass is 285 g/mol. The molecule has 0 spiro atoms. The van der Waals surface area contributed by atoms with Gasteiger partial charge in [-0.1, -0.05) is 0 Å². The van der Waals surface area contributed by atoms with Gasteiger partial charge in [-0.15, -0.1) is 0 Å². The van der Waals surface area contributed by atoms with Gasteiger partial charge in [0.25, 0.3) is 0 Å². The number of hydrogen-bond acceptors (Lipinski definition) is 6. The summed E-state index contributed by atoms with van der Waals surface area (Å²) in [5.41, 5.74) is 2.02. The van der Waals surface area contributed by atoms with E-state index in [0.29, 0.717) is 5.88 Å². The fourth-order valence-electron chi connectivity index (χ4n) is 2.54. The fourth-order valence-corrected chi connectivity index (χ4v) is 2.54. The molecule has 0 N–H and O–H groups in total. The van der Waals surface area contributed by atoms with E-state index in [-0.39, 0.29) is 6.10 Å². The van der Waals surface area contributed by atoms with E-state index in [1.54, 1.807) is 18.6 Å². The van der Waals surface area contributed by atoms with Crippen LogP contribution in [0.2, 0.25) is 0 Å². The number of ether oxygens (including phenoxy) is 1. The summed E-state index contributed by atoms with van der Waals surface area (Å²) in [5.74, 6) is 1.42. The number of aryl methyl sites for hydroxylation is 2. The topological polar surface area (TPSA) is 64.0 Å². The van der Waals surface area contributed by atoms with Gasteiger partial charge < -0.3 is 9.64 Å². The summed E-state index contributed by atoms with van der Waals surface area (Å²) >= 11 is 0. The summed E-state index contributed by atoms with van der Waals surface area (Å²) < 4.78 is 5.85. The molecule has 110 valence electrons. The smallest absolute Gasteiger partial charge is 0.232 e. The second kappa shape index (κ2) is 6.03. The van der Waals surface area contributed by atoms with Gasteiger partial charge in [-0.3, -0.25) is 4.98 Å². The Morgan fingerprint density at radius 2 is 1.81 bits per heavy atom. The molecule has 3 heterocycles. The number of anilines is 1. The Labute approximate surface area is 124 Å². The predicted molar refractivity (Wildman–Crippen MR) is 79.4 cm³/mol. The molecular weight excluding hydrogens is 266 g/mol. The molecule has 1 saturated heterocycles. The van der Waals surface area contributed by atoms with Crippen LogP contribution in [-0.2, 0) is 0 Å². The number of piperidine rings is 1. The minimum Gasteiger partial charge on any atom is -0.473 e. The van der Waals surface area contributed by atoms with E-state index >= 15 is 0 Å². The van der Waals surface area contributed by atoms with Crippen LogP contribution in [0.15, 0.2) is 24.7 Å². The minimum absolute atomic E-state index is 0.184. The van der Waals surface area contributed by atoms with Crippen molar-refractivity contribution < 1.29 is 4.74 Å². The first kappa shape index (κ1) is 13.7. The molecular formula is C15H19N5O. The van der Waals surface area contributed by atoms with Crippen molar-refractivity contribution in [1.82, 2.24) is 19.9 Å². The average molecular weight is 285 g/mol. The van der Waals surface area contributed by atoms with Gasteiger partial charge in [0.05, 0.1) is 6.20 Å². The van der Waals surface area contributed by atoms with Crippen LogP contribution in [0.4, 0.5) is 5.95 Å². The Balaban J connectivity index is 1.60. The molecule has 0 unspecified atom stereocenters. The zero-order chi connectivity index (χ0) is 14.7. The van der Waals surface area contributed by atoms with E-state index in [0.717, 1.165) is 43.3 Å². The third-order valence-corrected chi connectivity index (χ3v) is 3.52. The zero-order valence-corrected chi connectivity index (χ0v) is 12.4. The van der Waals surface area contributed by atoms with Crippen LogP contribution >= 0.6 is 0 Å². The van der Waals surface area contributed by atoms with Gasteiger partial charge in [-0.25, -0.2) is 15.0 Å². The van der Waals surface area contributed by atoms with Gasteiger partial charge in [0.2, 0.25) is 11.8 Å². The lowest BCUT2D eigenvalue weighted by atomic mass is 10.1. The molecule has 0 radical (unpaired) electrons. The van der Waals surface area contributed by atoms with Gasteiger partial charge in [-0.05, 0) is 19.9 Å². The number of rotatable bonds is 3. The van der Waals surface area contributed by atoms with Gasteiger partial charge in [0.15, 0.2) is 0 Å². The van der Waals surface area contributed by atoms with Crippen molar-refractivity contribution in [2.45, 2.75) is 32.8 Å². The normalized spacial score (nSPS) is 16.0. The summed E-state index contributed by atoms with van der Waals surface area (Å²) in [6, 6.07) is 1.99. The first-order valence-electron chi connectivity index (χ1n) is 7.20. The molecule has 21 heavy (non-hydrogen) atoms. The molecule has 6 nitrogen and oxygen atoms in total. The van der Waals surface area contributed by atoms with Crippen molar-refractivity contribution in [2.75, 3.05) is 18.0 Å². The van der Waals surface area contributed by atoms with Crippen molar-refractivity contribution in [1.29, 1.82) is 0 Å². The van der Waals surface area contributed by atoms with Crippen LogP contribution in [0, 0.1) is 13.8 Å². The van der Waals surface area contributed by atoms with Crippen molar-refractivity contribution in [3.05, 3.63) is 36.0 Å². The molecule has 2 aromatic rings. The highest BCUT2D eigenvalue weighted by atomic mass is 16.5. The van der Waals surface area contributed by atoms with Gasteiger partial charge in [0, 0.05) is 49.7 Å². The summed E-state index contributed by atoms with van der Waals surface area (Å²) in [6.07, 6.45) is 7.00. The predicted octanol–water partition coefficient (Wildman–Crippen LogP) is 1.93. The van der Waals surface area contributed by atoms with Gasteiger partial charge in [0.1, 0.15) is 6.10 Å². The van der Waals surface area contributed by atoms with E-state index < -0.39 is 0 Å². The molecule has 2 aromatic heterocycles. The molecule has 0 atom stereocenters. The third-order valence-electron chi connectivity index (χ3n) is 3.52. The Kier molecular flexibility index (Phi) is 3.94. The average Bonchev–Trinajstić information content (AvgIpc) is 2.48. The Bertz CT molecular complexity index is 576. The van der Waals surface area contributed by atoms with Crippen LogP contribution in [0.25, 0.3) is 0 Å². The lowest BCUT2D eigenvalue weighted by molar-refractivity contribution is 0.163. The van der Waals surface area contributed by atoms with Crippen molar-refractivity contribution >= 4 is 5.95 Å². The first-order valence-corrected chi connectivity index (χ1v) is 7.20. The SMILES string of the molecule is Cc1cc(C)nc(N2CCC(Oc3cnccn3)CC2)n1. The van der Waals surface area contributed by atoms with Gasteiger partial charge in [-0.2, -0.15) is 0 Å². The van der Waals surface area contributed by atoms with Crippen LogP contribution in [0.1, 0.15) is 24.2 Å². The summed E-state index contributed by atoms with van der Waals surface area (Å²) in [5, 5.41) is 0. The molecule has 6 heteroatoms. The van der Waals surface area contributed by atoms with Crippen molar-refractivity contribution in [3.8, 4) is 5.88 Å². The molecule has 0 saturated carbocycles. The van der Waals surface area contributed by atoms with Crippen molar-refractivity contribution in [3.63, 3.8) is 0 Å². The highest BCUT2D eigenvalue weighted by molar-refractivity contribution is 5.32. The maximum absolute atomic E-state index is 5.85. The number of aromatic nitrogens is 4. The third kappa shape index (κ3) is 3.45. The highest BCUT2D eigenvalue weighted by Crippen LogP contribution is 2.20. The molecule has 0 amide bonds. The highest BCUT2D eigenvalue weighted by Gasteiger charge is 2.22. The first-order chi connectivity index (χ1) is 10.2. The Morgan fingerprint density at radius 3 is 2.43 bits per heavy atom. The molecule has 1 aliphatic rings. The largest absolute Gasteiger partial charge is 0.473 e. The molecule has 0 aliphatic carbocycles. The van der Waals surface area contributed by atoms with E-state index in [1.807, 2.05) is 19.9 Å². The maximum Gasteiger partial charge on any atom is 0.232 e. The van der Waals surface area contributed by atoms with E-state index in [4.69, 9.17) is 4.74 Å². The maximum atomic E-state index is 5.85. The minimum atomic E-state index is 0.184. The Morgan fingerprint density at radius 1 is 1.10 bits per heavy atom. The quantitative estimate of drug-likeness (QED) is 0.858. The summed E-state index contributed by atoms with van der Waals surface area (Å²) in [6.45, 7) is 5.80. The second-order valence-electron chi connectivity index (χ2n) is 5.30. The lowest BCUT2D eigenvalue weighted by Gasteiger charge is -2.32. The molecule has 0 bridgehead atoms. The molecule has 0 aromatic carbocycles. The molecule has 3 rings (SSSR count). The molecule has 1 fully saturated rings. The van der Waals surface area contributed by atoms with E-state index in [9.17, 15) is 0 Å². The van der Waals surface area contributed by atoms with E-state index in [2.05, 4.69) is 24.8 Å². The summed E-state index contributed by atoms with van der Waals surface area (Å²) in [4.78, 5) is 19.4. The number of nitrogens with zero attached hydrogens (tertiary/aromatic N) is 5.